The van der Waals surface area contributed by atoms with E-state index in [0.717, 1.165) is 0 Å². The van der Waals surface area contributed by atoms with Crippen LogP contribution in [0.5, 0.6) is 0 Å². The summed E-state index contributed by atoms with van der Waals surface area (Å²) in [5, 5.41) is 0. The Morgan fingerprint density at radius 2 is 1.23 bits per heavy atom. The van der Waals surface area contributed by atoms with Gasteiger partial charge in [-0.1, -0.05) is 0 Å². The van der Waals surface area contributed by atoms with Gasteiger partial charge < -0.3 is 0 Å². The SMILES string of the molecule is O=S(=O)(OC(F)(F)F)C(F)(F)F.[NaH]. The molecule has 0 N–H and O–H groups in total. The van der Waals surface area contributed by atoms with Crippen LogP contribution >= 0.6 is 0 Å². The molecule has 0 aromatic rings. The van der Waals surface area contributed by atoms with Gasteiger partial charge >= 0.3 is 51.5 Å². The van der Waals surface area contributed by atoms with Gasteiger partial charge in [0, 0.05) is 0 Å². The van der Waals surface area contributed by atoms with Gasteiger partial charge in [-0.15, -0.1) is 13.2 Å². The van der Waals surface area contributed by atoms with Gasteiger partial charge in [-0.3, -0.25) is 0 Å². The number of hydrogen-bond acceptors (Lipinski definition) is 3. The molecule has 76 valence electrons. The number of hydrogen-bond donors (Lipinski definition) is 0. The molecule has 3 nitrogen and oxygen atoms in total. The van der Waals surface area contributed by atoms with E-state index >= 15 is 0 Å². The average Bonchev–Trinajstić information content (AvgIpc) is 1.52. The third-order valence-electron chi connectivity index (χ3n) is 0.488. The summed E-state index contributed by atoms with van der Waals surface area (Å²) in [6.45, 7) is 0. The Labute approximate surface area is 90.5 Å². The van der Waals surface area contributed by atoms with Gasteiger partial charge in [0.15, 0.2) is 0 Å². The molecule has 0 amide bonds. The van der Waals surface area contributed by atoms with Crippen molar-refractivity contribution < 1.29 is 38.9 Å². The van der Waals surface area contributed by atoms with Crippen LogP contribution in [0.2, 0.25) is 0 Å². The molecule has 0 aliphatic heterocycles. The first-order chi connectivity index (χ1) is 4.96. The van der Waals surface area contributed by atoms with E-state index in [4.69, 9.17) is 0 Å². The Bertz CT molecular complexity index is 250. The van der Waals surface area contributed by atoms with Crippen molar-refractivity contribution in [2.75, 3.05) is 0 Å². The zero-order chi connectivity index (χ0) is 10.2. The van der Waals surface area contributed by atoms with E-state index in [0.29, 0.717) is 0 Å². The first-order valence-electron chi connectivity index (χ1n) is 2.04. The van der Waals surface area contributed by atoms with Gasteiger partial charge in [0.2, 0.25) is 0 Å². The molecule has 11 heteroatoms. The summed E-state index contributed by atoms with van der Waals surface area (Å²) in [7, 11) is -6.58. The van der Waals surface area contributed by atoms with Crippen molar-refractivity contribution in [2.24, 2.45) is 0 Å². The van der Waals surface area contributed by atoms with E-state index in [1.165, 1.54) is 0 Å². The number of rotatable bonds is 1. The summed E-state index contributed by atoms with van der Waals surface area (Å²) in [6, 6.07) is 0. The molecule has 0 spiro atoms. The predicted molar refractivity (Wildman–Crippen MR) is 29.3 cm³/mol. The zero-order valence-corrected chi connectivity index (χ0v) is 5.72. The molecule has 0 rings (SSSR count). The Kier molecular flexibility index (Phi) is 5.32. The van der Waals surface area contributed by atoms with E-state index in [1.54, 1.807) is 0 Å². The monoisotopic (exact) mass is 242 g/mol. The molecule has 0 heterocycles. The van der Waals surface area contributed by atoms with E-state index in [9.17, 15) is 34.8 Å². The number of alkyl halides is 6. The molecule has 0 bridgehead atoms. The quantitative estimate of drug-likeness (QED) is 0.294. The third-order valence-corrected chi connectivity index (χ3v) is 1.46. The minimum absolute atomic E-state index is 0. The molecule has 0 saturated heterocycles. The second-order valence-electron chi connectivity index (χ2n) is 1.43. The van der Waals surface area contributed by atoms with Gasteiger partial charge in [-0.2, -0.15) is 25.8 Å². The van der Waals surface area contributed by atoms with Crippen LogP contribution in [0.3, 0.4) is 0 Å². The molecular formula is C2HF6NaO3S. The van der Waals surface area contributed by atoms with E-state index in [-0.39, 0.29) is 29.6 Å². The molecule has 0 aromatic heterocycles. The Morgan fingerprint density at radius 3 is 1.31 bits per heavy atom. The Hall–Kier alpha value is 0.490. The van der Waals surface area contributed by atoms with Crippen LogP contribution in [0.25, 0.3) is 0 Å². The van der Waals surface area contributed by atoms with E-state index < -0.39 is 22.0 Å². The fourth-order valence-electron chi connectivity index (χ4n) is 0.172. The summed E-state index contributed by atoms with van der Waals surface area (Å²) < 4.78 is 87.4. The van der Waals surface area contributed by atoms with E-state index in [1.807, 2.05) is 4.18 Å². The molecule has 13 heavy (non-hydrogen) atoms. The molecule has 0 saturated carbocycles. The van der Waals surface area contributed by atoms with Gasteiger partial charge in [0.1, 0.15) is 0 Å². The molecular weight excluding hydrogens is 241 g/mol. The van der Waals surface area contributed by atoms with Crippen LogP contribution in [0, 0.1) is 0 Å². The van der Waals surface area contributed by atoms with Crippen molar-refractivity contribution in [3.8, 4) is 0 Å². The van der Waals surface area contributed by atoms with Crippen LogP contribution in [0.15, 0.2) is 0 Å². The maximum atomic E-state index is 11.2. The van der Waals surface area contributed by atoms with Crippen LogP contribution in [0.4, 0.5) is 26.3 Å². The van der Waals surface area contributed by atoms with E-state index in [2.05, 4.69) is 0 Å². The van der Waals surface area contributed by atoms with Gasteiger partial charge in [0.05, 0.1) is 0 Å². The third kappa shape index (κ3) is 5.73. The van der Waals surface area contributed by atoms with Crippen LogP contribution < -0.4 is 0 Å². The molecule has 0 unspecified atom stereocenters. The van der Waals surface area contributed by atoms with Crippen molar-refractivity contribution in [1.82, 2.24) is 0 Å². The van der Waals surface area contributed by atoms with Crippen molar-refractivity contribution in [3.63, 3.8) is 0 Å². The summed E-state index contributed by atoms with van der Waals surface area (Å²) in [4.78, 5) is 0. The topological polar surface area (TPSA) is 43.4 Å². The fourth-order valence-corrected chi connectivity index (χ4v) is 0.515. The van der Waals surface area contributed by atoms with Crippen molar-refractivity contribution in [1.29, 1.82) is 0 Å². The molecule has 0 radical (unpaired) electrons. The molecule has 0 atom stereocenters. The Morgan fingerprint density at radius 1 is 0.923 bits per heavy atom. The van der Waals surface area contributed by atoms with Crippen LogP contribution in [-0.4, -0.2) is 49.8 Å². The summed E-state index contributed by atoms with van der Waals surface area (Å²) >= 11 is 0. The van der Waals surface area contributed by atoms with Gasteiger partial charge in [-0.25, -0.2) is 0 Å². The van der Waals surface area contributed by atoms with Crippen molar-refractivity contribution in [3.05, 3.63) is 0 Å². The number of halogens is 6. The van der Waals surface area contributed by atoms with Crippen LogP contribution in [-0.2, 0) is 14.3 Å². The Balaban J connectivity index is 0. The normalized spacial score (nSPS) is 13.7. The zero-order valence-electron chi connectivity index (χ0n) is 4.90. The van der Waals surface area contributed by atoms with Crippen molar-refractivity contribution in [2.45, 2.75) is 11.9 Å². The standard InChI is InChI=1S/C2F6O3S.Na.H/c3-1(4,5)11-12(9,10)2(6,7)8;;. The predicted octanol–water partition coefficient (Wildman–Crippen LogP) is 0.724. The second-order valence-corrected chi connectivity index (χ2v) is 2.97. The first kappa shape index (κ1) is 15.9. The molecule has 0 fully saturated rings. The maximum absolute atomic E-state index is 11.2. The van der Waals surface area contributed by atoms with Crippen molar-refractivity contribution >= 4 is 39.7 Å². The van der Waals surface area contributed by atoms with Gasteiger partial charge in [-0.05, 0) is 0 Å². The first-order valence-corrected chi connectivity index (χ1v) is 3.45. The molecule has 0 aliphatic carbocycles. The summed E-state index contributed by atoms with van der Waals surface area (Å²) in [5.74, 6) is 0. The average molecular weight is 242 g/mol. The fraction of sp³-hybridized carbons (Fsp3) is 1.00. The van der Waals surface area contributed by atoms with Gasteiger partial charge in [0.25, 0.3) is 0 Å². The second kappa shape index (κ2) is 4.34. The molecule has 0 aliphatic rings. The summed E-state index contributed by atoms with van der Waals surface area (Å²) in [6.07, 6.45) is -5.87. The summed E-state index contributed by atoms with van der Waals surface area (Å²) in [5.41, 5.74) is -6.07. The molecule has 0 aromatic carbocycles. The van der Waals surface area contributed by atoms with Crippen LogP contribution in [0.1, 0.15) is 0 Å². The minimum atomic E-state index is -6.58.